The average Bonchev–Trinajstić information content (AvgIpc) is 3.05. The molecule has 2 heterocycles. The van der Waals surface area contributed by atoms with E-state index in [1.165, 1.54) is 17.7 Å². The summed E-state index contributed by atoms with van der Waals surface area (Å²) < 4.78 is 13.5. The molecular formula is C22H27ClFN3O. The van der Waals surface area contributed by atoms with Crippen molar-refractivity contribution < 1.29 is 9.18 Å². The van der Waals surface area contributed by atoms with Crippen LogP contribution in [0.1, 0.15) is 29.9 Å². The quantitative estimate of drug-likeness (QED) is 0.853. The zero-order chi connectivity index (χ0) is 19.0. The van der Waals surface area contributed by atoms with Gasteiger partial charge in [-0.25, -0.2) is 4.39 Å². The molecule has 4 nitrogen and oxygen atoms in total. The van der Waals surface area contributed by atoms with Crippen molar-refractivity contribution in [3.63, 3.8) is 0 Å². The summed E-state index contributed by atoms with van der Waals surface area (Å²) in [6, 6.07) is 14.8. The van der Waals surface area contributed by atoms with Gasteiger partial charge >= 0.3 is 0 Å². The predicted molar refractivity (Wildman–Crippen MR) is 112 cm³/mol. The van der Waals surface area contributed by atoms with Crippen LogP contribution in [0.3, 0.4) is 0 Å². The Hall–Kier alpha value is -1.95. The lowest BCUT2D eigenvalue weighted by molar-refractivity contribution is -0.125. The smallest absolute Gasteiger partial charge is 0.244 e. The SMILES string of the molecule is Cc1cc(F)ccc1N1CCCC(N2C[C@@H](N)[C@H](c3ccccc3)C2)C1=O.Cl. The van der Waals surface area contributed by atoms with Crippen molar-refractivity contribution in [2.45, 2.75) is 37.8 Å². The number of carbonyl (C=O) groups excluding carboxylic acids is 1. The van der Waals surface area contributed by atoms with Crippen LogP contribution in [0.2, 0.25) is 0 Å². The summed E-state index contributed by atoms with van der Waals surface area (Å²) in [5.74, 6) is 0.0901. The molecule has 2 fully saturated rings. The average molecular weight is 404 g/mol. The maximum absolute atomic E-state index is 13.5. The van der Waals surface area contributed by atoms with Gasteiger partial charge in [-0.05, 0) is 49.1 Å². The Morgan fingerprint density at radius 3 is 2.57 bits per heavy atom. The number of rotatable bonds is 3. The van der Waals surface area contributed by atoms with Crippen LogP contribution in [0, 0.1) is 12.7 Å². The highest BCUT2D eigenvalue weighted by molar-refractivity contribution is 5.98. The molecule has 0 aromatic heterocycles. The minimum absolute atomic E-state index is 0. The van der Waals surface area contributed by atoms with Gasteiger partial charge in [0.1, 0.15) is 5.82 Å². The van der Waals surface area contributed by atoms with Gasteiger partial charge in [0.25, 0.3) is 0 Å². The summed E-state index contributed by atoms with van der Waals surface area (Å²) in [7, 11) is 0. The van der Waals surface area contributed by atoms with Crippen molar-refractivity contribution in [1.29, 1.82) is 0 Å². The van der Waals surface area contributed by atoms with Crippen LogP contribution in [0.4, 0.5) is 10.1 Å². The highest BCUT2D eigenvalue weighted by atomic mass is 35.5. The van der Waals surface area contributed by atoms with Gasteiger partial charge in [0, 0.05) is 37.3 Å². The predicted octanol–water partition coefficient (Wildman–Crippen LogP) is 3.48. The van der Waals surface area contributed by atoms with Crippen molar-refractivity contribution >= 4 is 24.0 Å². The van der Waals surface area contributed by atoms with E-state index in [2.05, 4.69) is 17.0 Å². The molecule has 0 saturated carbocycles. The molecule has 28 heavy (non-hydrogen) atoms. The maximum atomic E-state index is 13.5. The van der Waals surface area contributed by atoms with Crippen LogP contribution in [-0.4, -0.2) is 42.5 Å². The van der Waals surface area contributed by atoms with Crippen LogP contribution >= 0.6 is 12.4 Å². The number of amides is 1. The molecule has 0 spiro atoms. The van der Waals surface area contributed by atoms with Gasteiger partial charge in [0.15, 0.2) is 0 Å². The van der Waals surface area contributed by atoms with E-state index in [4.69, 9.17) is 5.73 Å². The minimum Gasteiger partial charge on any atom is -0.326 e. The molecule has 2 aromatic carbocycles. The molecule has 6 heteroatoms. The second-order valence-electron chi connectivity index (χ2n) is 7.71. The van der Waals surface area contributed by atoms with E-state index in [0.29, 0.717) is 6.54 Å². The van der Waals surface area contributed by atoms with Gasteiger partial charge in [-0.2, -0.15) is 0 Å². The molecule has 2 N–H and O–H groups in total. The summed E-state index contributed by atoms with van der Waals surface area (Å²) in [4.78, 5) is 17.3. The summed E-state index contributed by atoms with van der Waals surface area (Å²) in [5, 5.41) is 0. The second-order valence-corrected chi connectivity index (χ2v) is 7.71. The van der Waals surface area contributed by atoms with Crippen LogP contribution in [0.15, 0.2) is 48.5 Å². The normalized spacial score (nSPS) is 25.6. The first-order chi connectivity index (χ1) is 13.0. The number of piperidine rings is 1. The second kappa shape index (κ2) is 8.60. The lowest BCUT2D eigenvalue weighted by Crippen LogP contribution is -2.52. The van der Waals surface area contributed by atoms with E-state index in [9.17, 15) is 9.18 Å². The van der Waals surface area contributed by atoms with Crippen molar-refractivity contribution in [3.8, 4) is 0 Å². The van der Waals surface area contributed by atoms with Gasteiger partial charge in [-0.15, -0.1) is 12.4 Å². The molecule has 0 radical (unpaired) electrons. The molecule has 1 unspecified atom stereocenters. The van der Waals surface area contributed by atoms with Crippen molar-refractivity contribution in [2.24, 2.45) is 5.73 Å². The van der Waals surface area contributed by atoms with Crippen LogP contribution in [0.5, 0.6) is 0 Å². The zero-order valence-corrected chi connectivity index (χ0v) is 16.9. The largest absolute Gasteiger partial charge is 0.326 e. The van der Waals surface area contributed by atoms with Crippen LogP contribution in [0.25, 0.3) is 0 Å². The first kappa shape index (κ1) is 20.8. The number of anilines is 1. The Labute approximate surface area is 171 Å². The molecule has 3 atom stereocenters. The number of carbonyl (C=O) groups is 1. The molecule has 2 aliphatic rings. The summed E-state index contributed by atoms with van der Waals surface area (Å²) in [6.45, 7) is 4.07. The van der Waals surface area contributed by atoms with Gasteiger partial charge < -0.3 is 10.6 Å². The Balaban J connectivity index is 0.00000225. The van der Waals surface area contributed by atoms with E-state index < -0.39 is 0 Å². The number of nitrogens with two attached hydrogens (primary N) is 1. The molecule has 2 aromatic rings. The molecular weight excluding hydrogens is 377 g/mol. The Bertz CT molecular complexity index is 832. The molecule has 150 valence electrons. The van der Waals surface area contributed by atoms with Crippen molar-refractivity contribution in [2.75, 3.05) is 24.5 Å². The fraction of sp³-hybridized carbons (Fsp3) is 0.409. The Kier molecular flexibility index (Phi) is 6.38. The lowest BCUT2D eigenvalue weighted by atomic mass is 9.95. The Morgan fingerprint density at radius 1 is 1.11 bits per heavy atom. The third-order valence-corrected chi connectivity index (χ3v) is 5.92. The van der Waals surface area contributed by atoms with Gasteiger partial charge in [-0.3, -0.25) is 9.69 Å². The first-order valence-electron chi connectivity index (χ1n) is 9.66. The standard InChI is InChI=1S/C22H26FN3O.ClH/c1-15-12-17(23)9-10-20(15)26-11-5-8-21(22(26)27)25-13-18(19(24)14-25)16-6-3-2-4-7-16;/h2-4,6-7,9-10,12,18-19,21H,5,8,11,13-14,24H2,1H3;1H/t18-,19+,21?;/m0./s1. The highest BCUT2D eigenvalue weighted by Gasteiger charge is 2.40. The zero-order valence-electron chi connectivity index (χ0n) is 16.1. The number of likely N-dealkylation sites (tertiary alicyclic amines) is 1. The highest BCUT2D eigenvalue weighted by Crippen LogP contribution is 2.32. The fourth-order valence-corrected chi connectivity index (χ4v) is 4.52. The summed E-state index contributed by atoms with van der Waals surface area (Å²) >= 11 is 0. The van der Waals surface area contributed by atoms with E-state index in [-0.39, 0.29) is 42.1 Å². The summed E-state index contributed by atoms with van der Waals surface area (Å²) in [6.07, 6.45) is 1.79. The number of benzene rings is 2. The molecule has 0 aliphatic carbocycles. The molecule has 2 aliphatic heterocycles. The van der Waals surface area contributed by atoms with E-state index in [0.717, 1.165) is 37.2 Å². The minimum atomic E-state index is -0.270. The van der Waals surface area contributed by atoms with Gasteiger partial charge in [0.2, 0.25) is 5.91 Å². The van der Waals surface area contributed by atoms with E-state index in [1.54, 1.807) is 6.07 Å². The molecule has 1 amide bonds. The number of hydrogen-bond donors (Lipinski definition) is 1. The van der Waals surface area contributed by atoms with Crippen molar-refractivity contribution in [1.82, 2.24) is 4.90 Å². The van der Waals surface area contributed by atoms with Gasteiger partial charge in [-0.1, -0.05) is 30.3 Å². The lowest BCUT2D eigenvalue weighted by Gasteiger charge is -2.37. The number of hydrogen-bond acceptors (Lipinski definition) is 3. The van der Waals surface area contributed by atoms with E-state index in [1.807, 2.05) is 30.0 Å². The number of halogens is 2. The van der Waals surface area contributed by atoms with Crippen LogP contribution in [-0.2, 0) is 4.79 Å². The van der Waals surface area contributed by atoms with E-state index >= 15 is 0 Å². The molecule has 0 bridgehead atoms. The maximum Gasteiger partial charge on any atom is 0.244 e. The first-order valence-corrected chi connectivity index (χ1v) is 9.66. The third kappa shape index (κ3) is 3.93. The monoisotopic (exact) mass is 403 g/mol. The number of aryl methyl sites for hydroxylation is 1. The third-order valence-electron chi connectivity index (χ3n) is 5.92. The topological polar surface area (TPSA) is 49.6 Å². The Morgan fingerprint density at radius 2 is 1.86 bits per heavy atom. The molecule has 2 saturated heterocycles. The van der Waals surface area contributed by atoms with Crippen LogP contribution < -0.4 is 10.6 Å². The molecule has 4 rings (SSSR count). The fourth-order valence-electron chi connectivity index (χ4n) is 4.52. The number of nitrogens with zero attached hydrogens (tertiary/aromatic N) is 2. The van der Waals surface area contributed by atoms with Crippen molar-refractivity contribution in [3.05, 3.63) is 65.5 Å². The van der Waals surface area contributed by atoms with Gasteiger partial charge in [0.05, 0.1) is 6.04 Å². The summed E-state index contributed by atoms with van der Waals surface area (Å²) in [5.41, 5.74) is 9.28.